The fraction of sp³-hybridized carbons (Fsp3) is 0.500. The Morgan fingerprint density at radius 2 is 2.25 bits per heavy atom. The van der Waals surface area contributed by atoms with Crippen molar-refractivity contribution in [3.8, 4) is 0 Å². The van der Waals surface area contributed by atoms with E-state index >= 15 is 0 Å². The Morgan fingerprint density at radius 1 is 1.46 bits per heavy atom. The number of carbonyl (C=O) groups is 1. The molecule has 2 aromatic heterocycles. The summed E-state index contributed by atoms with van der Waals surface area (Å²) < 4.78 is 23.2. The van der Waals surface area contributed by atoms with Crippen molar-refractivity contribution in [1.82, 2.24) is 10.3 Å². The number of thiophene rings is 1. The van der Waals surface area contributed by atoms with Gasteiger partial charge in [0.15, 0.2) is 9.84 Å². The summed E-state index contributed by atoms with van der Waals surface area (Å²) in [6, 6.07) is 1.82. The number of rotatable bonds is 5. The van der Waals surface area contributed by atoms with Crippen LogP contribution in [0.4, 0.5) is 0 Å². The Morgan fingerprint density at radius 3 is 2.79 bits per heavy atom. The zero-order chi connectivity index (χ0) is 17.3. The lowest BCUT2D eigenvalue weighted by Gasteiger charge is -2.18. The van der Waals surface area contributed by atoms with Crippen molar-refractivity contribution in [1.29, 1.82) is 0 Å². The van der Waals surface area contributed by atoms with E-state index in [-0.39, 0.29) is 23.5 Å². The second-order valence-electron chi connectivity index (χ2n) is 6.19. The maximum Gasteiger partial charge on any atom is 0.224 e. The van der Waals surface area contributed by atoms with Crippen molar-refractivity contribution in [2.45, 2.75) is 32.7 Å². The summed E-state index contributed by atoms with van der Waals surface area (Å²) in [5.41, 5.74) is 2.12. The summed E-state index contributed by atoms with van der Waals surface area (Å²) in [5.74, 6) is -0.556. The fourth-order valence-electron chi connectivity index (χ4n) is 2.78. The molecule has 3 heterocycles. The van der Waals surface area contributed by atoms with E-state index in [9.17, 15) is 13.2 Å². The Kier molecular flexibility index (Phi) is 5.08. The summed E-state index contributed by atoms with van der Waals surface area (Å²) in [6.07, 6.45) is 1.08. The molecule has 1 aliphatic heterocycles. The lowest BCUT2D eigenvalue weighted by Crippen LogP contribution is -2.35. The summed E-state index contributed by atoms with van der Waals surface area (Å²) >= 11 is 3.21. The molecule has 0 spiro atoms. The summed E-state index contributed by atoms with van der Waals surface area (Å²) in [5, 5.41) is 7.99. The highest BCUT2D eigenvalue weighted by molar-refractivity contribution is 7.91. The van der Waals surface area contributed by atoms with Crippen molar-refractivity contribution >= 4 is 38.4 Å². The van der Waals surface area contributed by atoms with E-state index in [4.69, 9.17) is 0 Å². The van der Waals surface area contributed by atoms with Crippen LogP contribution >= 0.6 is 22.7 Å². The normalized spacial score (nSPS) is 20.8. The average Bonchev–Trinajstić information content (AvgIpc) is 3.21. The first-order chi connectivity index (χ1) is 11.3. The van der Waals surface area contributed by atoms with Crippen molar-refractivity contribution in [2.75, 3.05) is 11.5 Å². The SMILES string of the molecule is Cc1nc(C(Cc2ccsc2)NC(=O)C2CCS(=O)(=O)C2)sc1C. The molecule has 3 rings (SSSR count). The topological polar surface area (TPSA) is 76.1 Å². The molecule has 0 aliphatic carbocycles. The van der Waals surface area contributed by atoms with Crippen LogP contribution in [0.3, 0.4) is 0 Å². The summed E-state index contributed by atoms with van der Waals surface area (Å²) in [7, 11) is -3.07. The zero-order valence-corrected chi connectivity index (χ0v) is 16.1. The standard InChI is InChI=1S/C16H20N2O3S3/c1-10-11(2)23-16(17-10)14(7-12-3-5-22-8-12)18-15(19)13-4-6-24(20,21)9-13/h3,5,8,13-14H,4,6-7,9H2,1-2H3,(H,18,19). The number of aryl methyl sites for hydroxylation is 2. The first-order valence-corrected chi connectivity index (χ1v) is 11.4. The van der Waals surface area contributed by atoms with E-state index in [2.05, 4.69) is 15.7 Å². The number of hydrogen-bond donors (Lipinski definition) is 1. The predicted molar refractivity (Wildman–Crippen MR) is 97.3 cm³/mol. The number of carbonyl (C=O) groups excluding carboxylic acids is 1. The number of sulfone groups is 1. The number of nitrogens with zero attached hydrogens (tertiary/aromatic N) is 1. The maximum atomic E-state index is 12.5. The van der Waals surface area contributed by atoms with Gasteiger partial charge in [0, 0.05) is 11.3 Å². The van der Waals surface area contributed by atoms with Crippen molar-refractivity contribution in [3.63, 3.8) is 0 Å². The molecule has 1 amide bonds. The van der Waals surface area contributed by atoms with Crippen molar-refractivity contribution in [2.24, 2.45) is 5.92 Å². The Bertz CT molecular complexity index is 805. The molecule has 2 aromatic rings. The molecular weight excluding hydrogens is 364 g/mol. The van der Waals surface area contributed by atoms with Crippen LogP contribution in [-0.2, 0) is 21.1 Å². The van der Waals surface area contributed by atoms with Gasteiger partial charge in [0.1, 0.15) is 5.01 Å². The van der Waals surface area contributed by atoms with E-state index in [0.717, 1.165) is 21.1 Å². The number of thiazole rings is 1. The number of aromatic nitrogens is 1. The van der Waals surface area contributed by atoms with Crippen LogP contribution in [0, 0.1) is 19.8 Å². The first-order valence-electron chi connectivity index (χ1n) is 7.80. The largest absolute Gasteiger partial charge is 0.346 e. The number of hydrogen-bond acceptors (Lipinski definition) is 6. The quantitative estimate of drug-likeness (QED) is 0.860. The highest BCUT2D eigenvalue weighted by atomic mass is 32.2. The monoisotopic (exact) mass is 384 g/mol. The van der Waals surface area contributed by atoms with Gasteiger partial charge in [-0.2, -0.15) is 11.3 Å². The molecule has 8 heteroatoms. The van der Waals surface area contributed by atoms with Gasteiger partial charge in [-0.1, -0.05) is 0 Å². The zero-order valence-electron chi connectivity index (χ0n) is 13.6. The van der Waals surface area contributed by atoms with E-state index in [0.29, 0.717) is 12.8 Å². The third-order valence-corrected chi connectivity index (χ3v) is 7.97. The Hall–Kier alpha value is -1.25. The molecule has 0 aromatic carbocycles. The minimum Gasteiger partial charge on any atom is -0.346 e. The maximum absolute atomic E-state index is 12.5. The molecule has 0 bridgehead atoms. The molecule has 1 aliphatic rings. The van der Waals surface area contributed by atoms with Crippen LogP contribution in [-0.4, -0.2) is 30.8 Å². The minimum atomic E-state index is -3.07. The predicted octanol–water partition coefficient (Wildman–Crippen LogP) is 2.66. The molecule has 0 radical (unpaired) electrons. The van der Waals surface area contributed by atoms with Gasteiger partial charge >= 0.3 is 0 Å². The molecule has 1 N–H and O–H groups in total. The first kappa shape index (κ1) is 17.6. The summed E-state index contributed by atoms with van der Waals surface area (Å²) in [6.45, 7) is 3.98. The van der Waals surface area contributed by atoms with Crippen LogP contribution in [0.5, 0.6) is 0 Å². The Balaban J connectivity index is 1.78. The smallest absolute Gasteiger partial charge is 0.224 e. The van der Waals surface area contributed by atoms with Crippen molar-refractivity contribution in [3.05, 3.63) is 38.0 Å². The average molecular weight is 385 g/mol. The van der Waals surface area contributed by atoms with Gasteiger partial charge in [0.25, 0.3) is 0 Å². The number of amides is 1. The molecule has 24 heavy (non-hydrogen) atoms. The van der Waals surface area contributed by atoms with Gasteiger partial charge in [-0.25, -0.2) is 13.4 Å². The van der Waals surface area contributed by atoms with E-state index < -0.39 is 15.8 Å². The van der Waals surface area contributed by atoms with Crippen LogP contribution in [0.2, 0.25) is 0 Å². The van der Waals surface area contributed by atoms with Gasteiger partial charge in [-0.15, -0.1) is 11.3 Å². The van der Waals surface area contributed by atoms with Gasteiger partial charge < -0.3 is 5.32 Å². The molecule has 1 fully saturated rings. The lowest BCUT2D eigenvalue weighted by atomic mass is 10.1. The van der Waals surface area contributed by atoms with Crippen molar-refractivity contribution < 1.29 is 13.2 Å². The van der Waals surface area contributed by atoms with Crippen LogP contribution in [0.25, 0.3) is 0 Å². The molecule has 130 valence electrons. The van der Waals surface area contributed by atoms with Gasteiger partial charge in [0.05, 0.1) is 29.2 Å². The molecule has 0 saturated carbocycles. The Labute approximate surface area is 150 Å². The molecule has 1 saturated heterocycles. The third-order valence-electron chi connectivity index (χ3n) is 4.28. The highest BCUT2D eigenvalue weighted by Crippen LogP contribution is 2.27. The molecule has 5 nitrogen and oxygen atoms in total. The van der Waals surface area contributed by atoms with Gasteiger partial charge in [-0.3, -0.25) is 4.79 Å². The van der Waals surface area contributed by atoms with Crippen LogP contribution in [0.1, 0.15) is 33.6 Å². The third kappa shape index (κ3) is 4.04. The van der Waals surface area contributed by atoms with Crippen LogP contribution < -0.4 is 5.32 Å². The highest BCUT2D eigenvalue weighted by Gasteiger charge is 2.34. The molecule has 2 unspecified atom stereocenters. The van der Waals surface area contributed by atoms with Crippen LogP contribution in [0.15, 0.2) is 16.8 Å². The van der Waals surface area contributed by atoms with E-state index in [1.807, 2.05) is 25.3 Å². The minimum absolute atomic E-state index is 0.0417. The molecular formula is C16H20N2O3S3. The summed E-state index contributed by atoms with van der Waals surface area (Å²) in [4.78, 5) is 18.3. The van der Waals surface area contributed by atoms with E-state index in [1.54, 1.807) is 22.7 Å². The fourth-order valence-corrected chi connectivity index (χ4v) is 6.18. The molecule has 2 atom stereocenters. The second kappa shape index (κ2) is 6.93. The number of nitrogens with one attached hydrogen (secondary N) is 1. The van der Waals surface area contributed by atoms with Gasteiger partial charge in [0.2, 0.25) is 5.91 Å². The van der Waals surface area contributed by atoms with Gasteiger partial charge in [-0.05, 0) is 42.7 Å². The van der Waals surface area contributed by atoms with E-state index in [1.165, 1.54) is 0 Å². The second-order valence-corrected chi connectivity index (χ2v) is 10.4. The lowest BCUT2D eigenvalue weighted by molar-refractivity contribution is -0.125.